The summed E-state index contributed by atoms with van der Waals surface area (Å²) >= 11 is 1.62. The third-order valence-electron chi connectivity index (χ3n) is 4.64. The van der Waals surface area contributed by atoms with Crippen LogP contribution in [-0.2, 0) is 9.59 Å². The molecule has 2 amide bonds. The number of thioether (sulfide) groups is 1. The summed E-state index contributed by atoms with van der Waals surface area (Å²) in [6.07, 6.45) is 1.33. The molecule has 1 N–H and O–H groups in total. The van der Waals surface area contributed by atoms with Crippen LogP contribution < -0.4 is 10.2 Å². The van der Waals surface area contributed by atoms with Gasteiger partial charge in [0.05, 0.1) is 5.75 Å². The van der Waals surface area contributed by atoms with E-state index in [1.54, 1.807) is 11.8 Å². The molecule has 0 aromatic heterocycles. The molecular formula is C22H26N2O2S. The SMILES string of the molecule is CCCC(=O)Nc1cccc(C2SCC(=O)N2c2ccc(C(C)C)cc2)c1. The molecule has 4 nitrogen and oxygen atoms in total. The van der Waals surface area contributed by atoms with Crippen LogP contribution in [0.3, 0.4) is 0 Å². The van der Waals surface area contributed by atoms with Crippen molar-refractivity contribution in [1.29, 1.82) is 0 Å². The van der Waals surface area contributed by atoms with E-state index in [9.17, 15) is 9.59 Å². The molecule has 0 saturated carbocycles. The van der Waals surface area contributed by atoms with Crippen LogP contribution in [-0.4, -0.2) is 17.6 Å². The molecule has 1 atom stereocenters. The molecule has 0 bridgehead atoms. The summed E-state index contributed by atoms with van der Waals surface area (Å²) in [5.74, 6) is 1.05. The molecule has 1 aliphatic heterocycles. The summed E-state index contributed by atoms with van der Waals surface area (Å²) in [7, 11) is 0. The molecule has 1 unspecified atom stereocenters. The van der Waals surface area contributed by atoms with Crippen LogP contribution in [0.2, 0.25) is 0 Å². The number of hydrogen-bond donors (Lipinski definition) is 1. The van der Waals surface area contributed by atoms with Gasteiger partial charge in [0.1, 0.15) is 5.37 Å². The van der Waals surface area contributed by atoms with Gasteiger partial charge in [-0.3, -0.25) is 14.5 Å². The first kappa shape index (κ1) is 19.5. The molecule has 5 heteroatoms. The number of hydrogen-bond acceptors (Lipinski definition) is 3. The normalized spacial score (nSPS) is 16.8. The summed E-state index contributed by atoms with van der Waals surface area (Å²) in [5, 5.41) is 2.86. The zero-order valence-corrected chi connectivity index (χ0v) is 16.9. The van der Waals surface area contributed by atoms with Crippen LogP contribution in [0, 0.1) is 0 Å². The van der Waals surface area contributed by atoms with Crippen molar-refractivity contribution in [2.24, 2.45) is 0 Å². The van der Waals surface area contributed by atoms with Crippen molar-refractivity contribution in [3.05, 3.63) is 59.7 Å². The van der Waals surface area contributed by atoms with Gasteiger partial charge in [-0.25, -0.2) is 0 Å². The second kappa shape index (κ2) is 8.61. The maximum atomic E-state index is 12.6. The number of nitrogens with one attached hydrogen (secondary N) is 1. The smallest absolute Gasteiger partial charge is 0.238 e. The fourth-order valence-corrected chi connectivity index (χ4v) is 4.36. The van der Waals surface area contributed by atoms with Crippen LogP contribution in [0.25, 0.3) is 0 Å². The molecule has 1 fully saturated rings. The van der Waals surface area contributed by atoms with Gasteiger partial charge in [-0.2, -0.15) is 0 Å². The van der Waals surface area contributed by atoms with Crippen molar-refractivity contribution in [3.8, 4) is 0 Å². The monoisotopic (exact) mass is 382 g/mol. The molecule has 3 rings (SSSR count). The highest BCUT2D eigenvalue weighted by Gasteiger charge is 2.34. The van der Waals surface area contributed by atoms with E-state index >= 15 is 0 Å². The van der Waals surface area contributed by atoms with E-state index in [-0.39, 0.29) is 17.2 Å². The van der Waals surface area contributed by atoms with Crippen LogP contribution in [0.4, 0.5) is 11.4 Å². The van der Waals surface area contributed by atoms with Gasteiger partial charge in [0.25, 0.3) is 0 Å². The lowest BCUT2D eigenvalue weighted by Crippen LogP contribution is -2.27. The number of carbonyl (C=O) groups excluding carboxylic acids is 2. The van der Waals surface area contributed by atoms with Gasteiger partial charge in [0.2, 0.25) is 11.8 Å². The molecule has 0 spiro atoms. The van der Waals surface area contributed by atoms with Gasteiger partial charge >= 0.3 is 0 Å². The molecular weight excluding hydrogens is 356 g/mol. The molecule has 1 heterocycles. The maximum Gasteiger partial charge on any atom is 0.238 e. The van der Waals surface area contributed by atoms with Crippen LogP contribution in [0.15, 0.2) is 48.5 Å². The predicted octanol–water partition coefficient (Wildman–Crippen LogP) is 5.33. The van der Waals surface area contributed by atoms with Gasteiger partial charge < -0.3 is 5.32 Å². The Kier molecular flexibility index (Phi) is 6.22. The van der Waals surface area contributed by atoms with Crippen molar-refractivity contribution in [2.45, 2.75) is 44.9 Å². The summed E-state index contributed by atoms with van der Waals surface area (Å²) in [5.41, 5.74) is 3.98. The third kappa shape index (κ3) is 4.53. The molecule has 142 valence electrons. The van der Waals surface area contributed by atoms with Crippen molar-refractivity contribution >= 4 is 35.0 Å². The van der Waals surface area contributed by atoms with Gasteiger partial charge in [-0.15, -0.1) is 11.8 Å². The topological polar surface area (TPSA) is 49.4 Å². The molecule has 2 aromatic carbocycles. The first-order valence-corrected chi connectivity index (χ1v) is 10.5. The van der Waals surface area contributed by atoms with E-state index in [2.05, 4.69) is 31.3 Å². The fourth-order valence-electron chi connectivity index (χ4n) is 3.19. The van der Waals surface area contributed by atoms with Gasteiger partial charge in [0, 0.05) is 17.8 Å². The zero-order chi connectivity index (χ0) is 19.4. The van der Waals surface area contributed by atoms with Gasteiger partial charge in [0.15, 0.2) is 0 Å². The molecule has 27 heavy (non-hydrogen) atoms. The average Bonchev–Trinajstić information content (AvgIpc) is 3.03. The lowest BCUT2D eigenvalue weighted by Gasteiger charge is -2.25. The number of benzene rings is 2. The Morgan fingerprint density at radius 3 is 2.63 bits per heavy atom. The maximum absolute atomic E-state index is 12.6. The molecule has 1 saturated heterocycles. The number of nitrogens with zero attached hydrogens (tertiary/aromatic N) is 1. The van der Waals surface area contributed by atoms with E-state index in [1.165, 1.54) is 5.56 Å². The Bertz CT molecular complexity index is 817. The van der Waals surface area contributed by atoms with Crippen LogP contribution in [0.5, 0.6) is 0 Å². The zero-order valence-electron chi connectivity index (χ0n) is 16.1. The van der Waals surface area contributed by atoms with E-state index in [0.717, 1.165) is 23.4 Å². The lowest BCUT2D eigenvalue weighted by atomic mass is 10.0. The second-order valence-electron chi connectivity index (χ2n) is 7.10. The number of rotatable bonds is 6. The van der Waals surface area contributed by atoms with E-state index in [1.807, 2.05) is 48.2 Å². The quantitative estimate of drug-likeness (QED) is 0.735. The molecule has 2 aromatic rings. The molecule has 0 radical (unpaired) electrons. The van der Waals surface area contributed by atoms with Gasteiger partial charge in [-0.05, 0) is 47.7 Å². The van der Waals surface area contributed by atoms with Crippen LogP contribution >= 0.6 is 11.8 Å². The van der Waals surface area contributed by atoms with Crippen LogP contribution in [0.1, 0.15) is 56.0 Å². The summed E-state index contributed by atoms with van der Waals surface area (Å²) in [6, 6.07) is 16.0. The highest BCUT2D eigenvalue weighted by Crippen LogP contribution is 2.42. The van der Waals surface area contributed by atoms with Crippen molar-refractivity contribution < 1.29 is 9.59 Å². The molecule has 1 aliphatic rings. The second-order valence-corrected chi connectivity index (χ2v) is 8.17. The van der Waals surface area contributed by atoms with E-state index < -0.39 is 0 Å². The largest absolute Gasteiger partial charge is 0.326 e. The van der Waals surface area contributed by atoms with Crippen molar-refractivity contribution in [3.63, 3.8) is 0 Å². The first-order chi connectivity index (χ1) is 13.0. The van der Waals surface area contributed by atoms with Crippen molar-refractivity contribution in [1.82, 2.24) is 0 Å². The standard InChI is InChI=1S/C22H26N2O2S/c1-4-6-20(25)23-18-8-5-7-17(13-18)22-24(21(26)14-27-22)19-11-9-16(10-12-19)15(2)3/h5,7-13,15,22H,4,6,14H2,1-3H3,(H,23,25). The Morgan fingerprint density at radius 1 is 1.22 bits per heavy atom. The minimum Gasteiger partial charge on any atom is -0.326 e. The van der Waals surface area contributed by atoms with E-state index in [4.69, 9.17) is 0 Å². The fraction of sp³-hybridized carbons (Fsp3) is 0.364. The minimum absolute atomic E-state index is 0.0194. The number of amides is 2. The Morgan fingerprint density at radius 2 is 1.96 bits per heavy atom. The highest BCUT2D eigenvalue weighted by molar-refractivity contribution is 8.00. The Hall–Kier alpha value is -2.27. The lowest BCUT2D eigenvalue weighted by molar-refractivity contribution is -0.116. The Labute approximate surface area is 165 Å². The summed E-state index contributed by atoms with van der Waals surface area (Å²) in [4.78, 5) is 26.3. The summed E-state index contributed by atoms with van der Waals surface area (Å²) < 4.78 is 0. The number of carbonyl (C=O) groups is 2. The minimum atomic E-state index is -0.0783. The van der Waals surface area contributed by atoms with Gasteiger partial charge in [-0.1, -0.05) is 45.0 Å². The summed E-state index contributed by atoms with van der Waals surface area (Å²) in [6.45, 7) is 6.30. The van der Waals surface area contributed by atoms with E-state index in [0.29, 0.717) is 18.1 Å². The third-order valence-corrected chi connectivity index (χ3v) is 5.85. The highest BCUT2D eigenvalue weighted by atomic mass is 32.2. The van der Waals surface area contributed by atoms with Crippen molar-refractivity contribution in [2.75, 3.05) is 16.0 Å². The Balaban J connectivity index is 1.84. The number of anilines is 2. The predicted molar refractivity (Wildman–Crippen MR) is 113 cm³/mol. The first-order valence-electron chi connectivity index (χ1n) is 9.43. The average molecular weight is 383 g/mol. The molecule has 0 aliphatic carbocycles.